The first-order chi connectivity index (χ1) is 12.1. The van der Waals surface area contributed by atoms with Gasteiger partial charge in [-0.1, -0.05) is 44.2 Å². The highest BCUT2D eigenvalue weighted by molar-refractivity contribution is 5.76. The lowest BCUT2D eigenvalue weighted by molar-refractivity contribution is -0.134. The van der Waals surface area contributed by atoms with Crippen LogP contribution >= 0.6 is 0 Å². The summed E-state index contributed by atoms with van der Waals surface area (Å²) in [4.78, 5) is 19.5. The number of carbonyl (C=O) groups is 1. The summed E-state index contributed by atoms with van der Waals surface area (Å²) in [6.07, 6.45) is 3.21. The van der Waals surface area contributed by atoms with Crippen molar-refractivity contribution >= 4 is 5.91 Å². The van der Waals surface area contributed by atoms with Crippen molar-refractivity contribution in [3.8, 4) is 0 Å². The Bertz CT molecular complexity index is 529. The molecule has 2 aliphatic heterocycles. The number of carbonyl (C=O) groups excluding carboxylic acids is 1. The van der Waals surface area contributed by atoms with Crippen molar-refractivity contribution in [3.63, 3.8) is 0 Å². The van der Waals surface area contributed by atoms with E-state index in [1.807, 2.05) is 0 Å². The maximum absolute atomic E-state index is 12.2. The van der Waals surface area contributed by atoms with Crippen LogP contribution in [0.3, 0.4) is 0 Å². The molecule has 2 saturated heterocycles. The number of amides is 1. The average Bonchev–Trinajstić information content (AvgIpc) is 2.63. The van der Waals surface area contributed by atoms with E-state index in [0.717, 1.165) is 32.7 Å². The first kappa shape index (κ1) is 18.4. The summed E-state index contributed by atoms with van der Waals surface area (Å²) in [5, 5.41) is 0. The van der Waals surface area contributed by atoms with Crippen LogP contribution in [0, 0.1) is 5.92 Å². The molecule has 1 amide bonds. The second-order valence-corrected chi connectivity index (χ2v) is 8.01. The van der Waals surface area contributed by atoms with Crippen molar-refractivity contribution in [2.24, 2.45) is 5.92 Å². The molecule has 25 heavy (non-hydrogen) atoms. The van der Waals surface area contributed by atoms with E-state index in [9.17, 15) is 4.79 Å². The Morgan fingerprint density at radius 1 is 1.00 bits per heavy atom. The lowest BCUT2D eigenvalue weighted by Crippen LogP contribution is -2.54. The summed E-state index contributed by atoms with van der Waals surface area (Å²) < 4.78 is 0. The molecular weight excluding hydrogens is 310 g/mol. The van der Waals surface area contributed by atoms with Gasteiger partial charge in [0, 0.05) is 45.2 Å². The minimum atomic E-state index is 0.340. The molecule has 0 radical (unpaired) electrons. The molecule has 0 bridgehead atoms. The van der Waals surface area contributed by atoms with Crippen LogP contribution in [0.1, 0.15) is 38.7 Å². The predicted molar refractivity (Wildman–Crippen MR) is 102 cm³/mol. The number of hydrogen-bond donors (Lipinski definition) is 0. The van der Waals surface area contributed by atoms with E-state index in [1.54, 1.807) is 0 Å². The van der Waals surface area contributed by atoms with E-state index in [4.69, 9.17) is 0 Å². The first-order valence-electron chi connectivity index (χ1n) is 9.90. The smallest absolute Gasteiger partial charge is 0.222 e. The van der Waals surface area contributed by atoms with Gasteiger partial charge in [0.2, 0.25) is 5.91 Å². The molecule has 0 spiro atoms. The van der Waals surface area contributed by atoms with Crippen LogP contribution in [0.25, 0.3) is 0 Å². The van der Waals surface area contributed by atoms with Crippen molar-refractivity contribution in [3.05, 3.63) is 35.9 Å². The van der Waals surface area contributed by atoms with Crippen LogP contribution in [-0.4, -0.2) is 65.9 Å². The highest BCUT2D eigenvalue weighted by atomic mass is 16.2. The van der Waals surface area contributed by atoms with Crippen molar-refractivity contribution in [1.29, 1.82) is 0 Å². The molecule has 1 aromatic carbocycles. The summed E-state index contributed by atoms with van der Waals surface area (Å²) >= 11 is 0. The summed E-state index contributed by atoms with van der Waals surface area (Å²) in [5.41, 5.74) is 1.42. The van der Waals surface area contributed by atoms with Gasteiger partial charge >= 0.3 is 0 Å². The van der Waals surface area contributed by atoms with Gasteiger partial charge in [-0.05, 0) is 37.4 Å². The fourth-order valence-corrected chi connectivity index (χ4v) is 4.10. The van der Waals surface area contributed by atoms with E-state index in [2.05, 4.69) is 58.9 Å². The lowest BCUT2D eigenvalue weighted by Gasteiger charge is -2.43. The Hall–Kier alpha value is -1.39. The van der Waals surface area contributed by atoms with E-state index >= 15 is 0 Å². The Morgan fingerprint density at radius 3 is 2.24 bits per heavy atom. The largest absolute Gasteiger partial charge is 0.340 e. The SMILES string of the molecule is CC(C)CC(=O)N1CCN(C2CCN(Cc3ccccc3)CC2)CC1. The average molecular weight is 344 g/mol. The van der Waals surface area contributed by atoms with Gasteiger partial charge in [0.1, 0.15) is 0 Å². The van der Waals surface area contributed by atoms with Gasteiger partial charge in [-0.25, -0.2) is 0 Å². The van der Waals surface area contributed by atoms with E-state index in [0.29, 0.717) is 24.3 Å². The summed E-state index contributed by atoms with van der Waals surface area (Å²) in [6.45, 7) is 11.6. The number of piperidine rings is 1. The molecule has 0 saturated carbocycles. The minimum Gasteiger partial charge on any atom is -0.340 e. The standard InChI is InChI=1S/C21H33N3O/c1-18(2)16-21(25)24-14-12-23(13-15-24)20-8-10-22(11-9-20)17-19-6-4-3-5-7-19/h3-7,18,20H,8-17H2,1-2H3. The topological polar surface area (TPSA) is 26.8 Å². The maximum Gasteiger partial charge on any atom is 0.222 e. The van der Waals surface area contributed by atoms with Crippen molar-refractivity contribution in [2.75, 3.05) is 39.3 Å². The lowest BCUT2D eigenvalue weighted by atomic mass is 10.0. The van der Waals surface area contributed by atoms with Gasteiger partial charge in [0.25, 0.3) is 0 Å². The molecule has 138 valence electrons. The molecule has 4 nitrogen and oxygen atoms in total. The zero-order valence-electron chi connectivity index (χ0n) is 15.9. The zero-order chi connectivity index (χ0) is 17.6. The minimum absolute atomic E-state index is 0.340. The second kappa shape index (κ2) is 8.81. The Morgan fingerprint density at radius 2 is 1.64 bits per heavy atom. The molecule has 0 N–H and O–H groups in total. The molecule has 0 aromatic heterocycles. The molecule has 2 aliphatic rings. The highest BCUT2D eigenvalue weighted by Crippen LogP contribution is 2.20. The van der Waals surface area contributed by atoms with Crippen molar-refractivity contribution < 1.29 is 4.79 Å². The molecule has 0 unspecified atom stereocenters. The van der Waals surface area contributed by atoms with Crippen LogP contribution in [0.5, 0.6) is 0 Å². The molecule has 2 fully saturated rings. The third-order valence-electron chi connectivity index (χ3n) is 5.57. The van der Waals surface area contributed by atoms with E-state index < -0.39 is 0 Å². The molecule has 1 aromatic rings. The quantitative estimate of drug-likeness (QED) is 0.822. The highest BCUT2D eigenvalue weighted by Gasteiger charge is 2.28. The fraction of sp³-hybridized carbons (Fsp3) is 0.667. The Kier molecular flexibility index (Phi) is 6.49. The first-order valence-corrected chi connectivity index (χ1v) is 9.90. The van der Waals surface area contributed by atoms with Crippen molar-refractivity contribution in [1.82, 2.24) is 14.7 Å². The van der Waals surface area contributed by atoms with Gasteiger partial charge in [-0.2, -0.15) is 0 Å². The number of piperazine rings is 1. The summed E-state index contributed by atoms with van der Waals surface area (Å²) in [5.74, 6) is 0.798. The number of likely N-dealkylation sites (tertiary alicyclic amines) is 1. The van der Waals surface area contributed by atoms with Gasteiger partial charge in [0.05, 0.1) is 0 Å². The van der Waals surface area contributed by atoms with Gasteiger partial charge in [-0.15, -0.1) is 0 Å². The third-order valence-corrected chi connectivity index (χ3v) is 5.57. The summed E-state index contributed by atoms with van der Waals surface area (Å²) in [6, 6.07) is 11.5. The van der Waals surface area contributed by atoms with Gasteiger partial charge in [0.15, 0.2) is 0 Å². The van der Waals surface area contributed by atoms with Crippen LogP contribution in [-0.2, 0) is 11.3 Å². The number of rotatable bonds is 5. The molecule has 0 atom stereocenters. The Balaban J connectivity index is 1.40. The zero-order valence-corrected chi connectivity index (χ0v) is 15.9. The third kappa shape index (κ3) is 5.29. The maximum atomic E-state index is 12.2. The van der Waals surface area contributed by atoms with Crippen LogP contribution in [0.4, 0.5) is 0 Å². The Labute approximate surface area is 152 Å². The molecule has 4 heteroatoms. The summed E-state index contributed by atoms with van der Waals surface area (Å²) in [7, 11) is 0. The molecule has 3 rings (SSSR count). The van der Waals surface area contributed by atoms with E-state index in [1.165, 1.54) is 31.5 Å². The van der Waals surface area contributed by atoms with Crippen LogP contribution < -0.4 is 0 Å². The van der Waals surface area contributed by atoms with Gasteiger partial charge < -0.3 is 4.90 Å². The van der Waals surface area contributed by atoms with Crippen molar-refractivity contribution in [2.45, 2.75) is 45.7 Å². The fourth-order valence-electron chi connectivity index (χ4n) is 4.10. The normalized spacial score (nSPS) is 21.0. The van der Waals surface area contributed by atoms with Gasteiger partial charge in [-0.3, -0.25) is 14.6 Å². The number of benzene rings is 1. The van der Waals surface area contributed by atoms with Crippen LogP contribution in [0.15, 0.2) is 30.3 Å². The monoisotopic (exact) mass is 343 g/mol. The number of hydrogen-bond acceptors (Lipinski definition) is 3. The second-order valence-electron chi connectivity index (χ2n) is 8.01. The predicted octanol–water partition coefficient (Wildman–Crippen LogP) is 2.84. The number of nitrogens with zero attached hydrogens (tertiary/aromatic N) is 3. The van der Waals surface area contributed by atoms with Crippen LogP contribution in [0.2, 0.25) is 0 Å². The van der Waals surface area contributed by atoms with E-state index in [-0.39, 0.29) is 0 Å². The molecule has 2 heterocycles. The molecular formula is C21H33N3O. The molecule has 0 aliphatic carbocycles.